The van der Waals surface area contributed by atoms with Gasteiger partial charge in [-0.3, -0.25) is 4.98 Å². The van der Waals surface area contributed by atoms with Crippen LogP contribution in [-0.2, 0) is 13.0 Å². The Bertz CT molecular complexity index is 465. The topological polar surface area (TPSA) is 50.9 Å². The highest BCUT2D eigenvalue weighted by molar-refractivity contribution is 5.39. The number of nitrogen functional groups attached to an aromatic ring is 1. The van der Waals surface area contributed by atoms with Gasteiger partial charge in [0.15, 0.2) is 0 Å². The molecule has 3 N–H and O–H groups in total. The molecule has 0 aliphatic rings. The van der Waals surface area contributed by atoms with Gasteiger partial charge >= 0.3 is 0 Å². The molecule has 3 heteroatoms. The summed E-state index contributed by atoms with van der Waals surface area (Å²) in [4.78, 5) is 4.29. The molecule has 0 aliphatic carbocycles. The second-order valence-electron chi connectivity index (χ2n) is 4.55. The molecule has 0 spiro atoms. The maximum absolute atomic E-state index is 5.67. The van der Waals surface area contributed by atoms with Crippen LogP contribution in [0.3, 0.4) is 0 Å². The fourth-order valence-electron chi connectivity index (χ4n) is 1.86. The average Bonchev–Trinajstić information content (AvgIpc) is 2.40. The summed E-state index contributed by atoms with van der Waals surface area (Å²) >= 11 is 0. The molecule has 0 aliphatic heterocycles. The zero-order valence-electron chi connectivity index (χ0n) is 10.6. The van der Waals surface area contributed by atoms with Crippen molar-refractivity contribution >= 4 is 5.69 Å². The summed E-state index contributed by atoms with van der Waals surface area (Å²) in [7, 11) is 0. The van der Waals surface area contributed by atoms with Crippen molar-refractivity contribution in [2.75, 3.05) is 5.73 Å². The van der Waals surface area contributed by atoms with Crippen molar-refractivity contribution in [3.05, 3.63) is 59.9 Å². The van der Waals surface area contributed by atoms with Crippen molar-refractivity contribution in [3.8, 4) is 0 Å². The molecule has 18 heavy (non-hydrogen) atoms. The van der Waals surface area contributed by atoms with Crippen molar-refractivity contribution in [3.63, 3.8) is 0 Å². The molecule has 2 aromatic rings. The molecule has 0 saturated heterocycles. The van der Waals surface area contributed by atoms with E-state index < -0.39 is 0 Å². The number of nitrogens with one attached hydrogen (secondary N) is 1. The maximum Gasteiger partial charge on any atom is 0.0541 e. The molecule has 1 atom stereocenters. The lowest BCUT2D eigenvalue weighted by Gasteiger charge is -2.13. The molecule has 3 nitrogen and oxygen atoms in total. The largest absolute Gasteiger partial charge is 0.399 e. The first-order valence-corrected chi connectivity index (χ1v) is 6.22. The Balaban J connectivity index is 1.82. The molecular formula is C15H19N3. The van der Waals surface area contributed by atoms with Gasteiger partial charge in [-0.1, -0.05) is 18.2 Å². The van der Waals surface area contributed by atoms with Crippen LogP contribution in [0.2, 0.25) is 0 Å². The minimum atomic E-state index is 0.413. The summed E-state index contributed by atoms with van der Waals surface area (Å²) in [5.41, 5.74) is 8.85. The monoisotopic (exact) mass is 241 g/mol. The van der Waals surface area contributed by atoms with Gasteiger partial charge in [0, 0.05) is 24.5 Å². The van der Waals surface area contributed by atoms with Crippen molar-refractivity contribution < 1.29 is 0 Å². The Kier molecular flexibility index (Phi) is 4.31. The zero-order valence-corrected chi connectivity index (χ0v) is 10.6. The first-order chi connectivity index (χ1) is 8.74. The van der Waals surface area contributed by atoms with Crippen molar-refractivity contribution in [2.45, 2.75) is 25.9 Å². The fourth-order valence-corrected chi connectivity index (χ4v) is 1.86. The van der Waals surface area contributed by atoms with E-state index in [1.165, 1.54) is 5.56 Å². The van der Waals surface area contributed by atoms with Crippen LogP contribution >= 0.6 is 0 Å². The van der Waals surface area contributed by atoms with Crippen LogP contribution in [0.1, 0.15) is 18.2 Å². The van der Waals surface area contributed by atoms with Crippen molar-refractivity contribution in [2.24, 2.45) is 0 Å². The molecule has 0 bridgehead atoms. The summed E-state index contributed by atoms with van der Waals surface area (Å²) in [5, 5.41) is 3.47. The van der Waals surface area contributed by atoms with Crippen LogP contribution in [-0.4, -0.2) is 11.0 Å². The minimum Gasteiger partial charge on any atom is -0.399 e. The predicted octanol–water partition coefficient (Wildman–Crippen LogP) is 2.38. The number of rotatable bonds is 5. The quantitative estimate of drug-likeness (QED) is 0.790. The molecule has 0 amide bonds. The summed E-state index contributed by atoms with van der Waals surface area (Å²) in [6.45, 7) is 2.98. The molecule has 1 heterocycles. The van der Waals surface area contributed by atoms with Gasteiger partial charge in [-0.05, 0) is 43.2 Å². The highest BCUT2D eigenvalue weighted by Crippen LogP contribution is 2.08. The van der Waals surface area contributed by atoms with E-state index in [1.807, 2.05) is 36.5 Å². The zero-order chi connectivity index (χ0) is 12.8. The van der Waals surface area contributed by atoms with E-state index in [1.54, 1.807) is 0 Å². The summed E-state index contributed by atoms with van der Waals surface area (Å²) in [6, 6.07) is 14.4. The number of nitrogens with two attached hydrogens (primary N) is 1. The summed E-state index contributed by atoms with van der Waals surface area (Å²) in [6.07, 6.45) is 2.81. The smallest absolute Gasteiger partial charge is 0.0541 e. The lowest BCUT2D eigenvalue weighted by molar-refractivity contribution is 0.540. The van der Waals surface area contributed by atoms with Gasteiger partial charge in [-0.15, -0.1) is 0 Å². The number of nitrogens with zero attached hydrogens (tertiary/aromatic N) is 1. The molecular weight excluding hydrogens is 222 g/mol. The van der Waals surface area contributed by atoms with E-state index in [0.29, 0.717) is 6.04 Å². The number of hydrogen-bond acceptors (Lipinski definition) is 3. The highest BCUT2D eigenvalue weighted by atomic mass is 14.9. The summed E-state index contributed by atoms with van der Waals surface area (Å²) < 4.78 is 0. The fraction of sp³-hybridized carbons (Fsp3) is 0.267. The lowest BCUT2D eigenvalue weighted by Crippen LogP contribution is -2.27. The van der Waals surface area contributed by atoms with Gasteiger partial charge < -0.3 is 11.1 Å². The van der Waals surface area contributed by atoms with Crippen molar-refractivity contribution in [1.82, 2.24) is 10.3 Å². The molecule has 0 fully saturated rings. The molecule has 1 aromatic heterocycles. The second kappa shape index (κ2) is 6.17. The van der Waals surface area contributed by atoms with Crippen LogP contribution in [0.15, 0.2) is 48.7 Å². The van der Waals surface area contributed by atoms with Gasteiger partial charge in [0.05, 0.1) is 5.69 Å². The maximum atomic E-state index is 5.67. The average molecular weight is 241 g/mol. The lowest BCUT2D eigenvalue weighted by atomic mass is 10.1. The van der Waals surface area contributed by atoms with Crippen molar-refractivity contribution in [1.29, 1.82) is 0 Å². The van der Waals surface area contributed by atoms with Crippen LogP contribution in [0.5, 0.6) is 0 Å². The van der Waals surface area contributed by atoms with Crippen LogP contribution in [0.4, 0.5) is 5.69 Å². The van der Waals surface area contributed by atoms with E-state index in [-0.39, 0.29) is 0 Å². The molecule has 0 radical (unpaired) electrons. The Morgan fingerprint density at radius 2 is 1.94 bits per heavy atom. The summed E-state index contributed by atoms with van der Waals surface area (Å²) in [5.74, 6) is 0. The second-order valence-corrected chi connectivity index (χ2v) is 4.55. The predicted molar refractivity (Wildman–Crippen MR) is 75.1 cm³/mol. The molecule has 2 rings (SSSR count). The normalized spacial score (nSPS) is 12.3. The third-order valence-electron chi connectivity index (χ3n) is 2.88. The van der Waals surface area contributed by atoms with E-state index in [0.717, 1.165) is 24.3 Å². The van der Waals surface area contributed by atoms with Gasteiger partial charge in [0.25, 0.3) is 0 Å². The SMILES string of the molecule is CC(Cc1ccc(N)cc1)NCc1ccccn1. The molecule has 0 saturated carbocycles. The minimum absolute atomic E-state index is 0.413. The third-order valence-corrected chi connectivity index (χ3v) is 2.88. The first-order valence-electron chi connectivity index (χ1n) is 6.22. The number of aromatic nitrogens is 1. The number of anilines is 1. The van der Waals surface area contributed by atoms with Gasteiger partial charge in [0.1, 0.15) is 0 Å². The molecule has 94 valence electrons. The number of hydrogen-bond donors (Lipinski definition) is 2. The Labute approximate surface area is 108 Å². The van der Waals surface area contributed by atoms with Gasteiger partial charge in [-0.25, -0.2) is 0 Å². The number of pyridine rings is 1. The van der Waals surface area contributed by atoms with Crippen LogP contribution < -0.4 is 11.1 Å². The van der Waals surface area contributed by atoms with E-state index in [4.69, 9.17) is 5.73 Å². The third kappa shape index (κ3) is 3.86. The standard InChI is InChI=1S/C15H19N3/c1-12(10-13-5-7-14(16)8-6-13)18-11-15-4-2-3-9-17-15/h2-9,12,18H,10-11,16H2,1H3. The van der Waals surface area contributed by atoms with Gasteiger partial charge in [-0.2, -0.15) is 0 Å². The molecule has 1 unspecified atom stereocenters. The van der Waals surface area contributed by atoms with Gasteiger partial charge in [0.2, 0.25) is 0 Å². The van der Waals surface area contributed by atoms with E-state index in [9.17, 15) is 0 Å². The van der Waals surface area contributed by atoms with E-state index in [2.05, 4.69) is 29.4 Å². The Hall–Kier alpha value is -1.87. The molecule has 1 aromatic carbocycles. The van der Waals surface area contributed by atoms with Crippen LogP contribution in [0.25, 0.3) is 0 Å². The Morgan fingerprint density at radius 3 is 2.61 bits per heavy atom. The van der Waals surface area contributed by atoms with Crippen LogP contribution in [0, 0.1) is 0 Å². The number of benzene rings is 1. The first kappa shape index (κ1) is 12.6. The highest BCUT2D eigenvalue weighted by Gasteiger charge is 2.03. The Morgan fingerprint density at radius 1 is 1.17 bits per heavy atom. The van der Waals surface area contributed by atoms with E-state index >= 15 is 0 Å².